The normalized spacial score (nSPS) is 20.7. The van der Waals surface area contributed by atoms with Crippen molar-refractivity contribution in [3.8, 4) is 6.07 Å². The number of rotatable bonds is 3. The van der Waals surface area contributed by atoms with Crippen molar-refractivity contribution in [1.82, 2.24) is 0 Å². The van der Waals surface area contributed by atoms with Crippen LogP contribution in [0.1, 0.15) is 21.5 Å². The molecule has 2 aromatic carbocycles. The Bertz CT molecular complexity index is 1130. The van der Waals surface area contributed by atoms with Gasteiger partial charge in [-0.25, -0.2) is 14.0 Å². The van der Waals surface area contributed by atoms with E-state index in [1.54, 1.807) is 0 Å². The molecule has 2 aromatic rings. The minimum atomic E-state index is -4.80. The number of benzene rings is 2. The van der Waals surface area contributed by atoms with Crippen molar-refractivity contribution in [2.75, 3.05) is 23.0 Å². The molecule has 0 radical (unpaired) electrons. The van der Waals surface area contributed by atoms with Crippen molar-refractivity contribution in [1.29, 1.82) is 5.26 Å². The molecule has 2 aliphatic heterocycles. The van der Waals surface area contributed by atoms with Gasteiger partial charge in [0.1, 0.15) is 5.82 Å². The van der Waals surface area contributed by atoms with E-state index in [4.69, 9.17) is 15.1 Å². The molecule has 0 saturated carbocycles. The highest BCUT2D eigenvalue weighted by Gasteiger charge is 2.51. The summed E-state index contributed by atoms with van der Waals surface area (Å²) in [5.41, 5.74) is -2.35. The SMILES string of the molecule is N#Cc1ccc(N2C(=O)N(c3ccc(C(=O)O)c(F)c3)C3COCC32)cc1C(F)(F)F. The van der Waals surface area contributed by atoms with Gasteiger partial charge in [0, 0.05) is 11.4 Å². The summed E-state index contributed by atoms with van der Waals surface area (Å²) in [5, 5.41) is 18.0. The second kappa shape index (κ2) is 7.24. The number of carboxylic acids is 1. The van der Waals surface area contributed by atoms with E-state index in [0.29, 0.717) is 0 Å². The summed E-state index contributed by atoms with van der Waals surface area (Å²) < 4.78 is 59.7. The van der Waals surface area contributed by atoms with Gasteiger partial charge in [-0.15, -0.1) is 0 Å². The van der Waals surface area contributed by atoms with Gasteiger partial charge >= 0.3 is 18.2 Å². The monoisotopic (exact) mass is 435 g/mol. The van der Waals surface area contributed by atoms with E-state index >= 15 is 0 Å². The molecule has 1 N–H and O–H groups in total. The second-order valence-corrected chi connectivity index (χ2v) is 7.00. The van der Waals surface area contributed by atoms with Gasteiger partial charge in [-0.05, 0) is 36.4 Å². The Morgan fingerprint density at radius 3 is 2.19 bits per heavy atom. The first kappa shape index (κ1) is 20.6. The van der Waals surface area contributed by atoms with Gasteiger partial charge in [0.25, 0.3) is 0 Å². The Labute approximate surface area is 172 Å². The molecule has 2 aliphatic rings. The third kappa shape index (κ3) is 3.34. The lowest BCUT2D eigenvalue weighted by atomic mass is 10.1. The number of nitriles is 1. The fourth-order valence-electron chi connectivity index (χ4n) is 3.87. The molecule has 4 rings (SSSR count). The summed E-state index contributed by atoms with van der Waals surface area (Å²) in [6, 6.07) is 5.61. The van der Waals surface area contributed by atoms with E-state index in [9.17, 15) is 27.2 Å². The first-order chi connectivity index (χ1) is 14.6. The van der Waals surface area contributed by atoms with E-state index in [1.807, 2.05) is 0 Å². The van der Waals surface area contributed by atoms with Gasteiger partial charge in [0.15, 0.2) is 0 Å². The lowest BCUT2D eigenvalue weighted by Gasteiger charge is -2.23. The van der Waals surface area contributed by atoms with E-state index in [2.05, 4.69) is 0 Å². The van der Waals surface area contributed by atoms with Crippen LogP contribution in [0.4, 0.5) is 33.7 Å². The Morgan fingerprint density at radius 1 is 1.10 bits per heavy atom. The number of anilines is 2. The standard InChI is InChI=1S/C20H13F4N3O4/c21-15-6-12(3-4-13(15)18(28)29)27-17-9-31-8-16(17)26(19(27)30)11-2-1-10(7-25)14(5-11)20(22,23)24/h1-6,16-17H,8-9H2,(H,28,29). The van der Waals surface area contributed by atoms with Crippen molar-refractivity contribution in [2.24, 2.45) is 0 Å². The molecule has 0 aliphatic carbocycles. The van der Waals surface area contributed by atoms with Crippen LogP contribution in [-0.4, -0.2) is 42.4 Å². The Balaban J connectivity index is 1.77. The number of alkyl halides is 3. The molecule has 11 heteroatoms. The first-order valence-corrected chi connectivity index (χ1v) is 8.98. The number of carbonyl (C=O) groups is 2. The number of nitrogens with zero attached hydrogens (tertiary/aromatic N) is 3. The summed E-state index contributed by atoms with van der Waals surface area (Å²) in [6.07, 6.45) is -4.80. The highest BCUT2D eigenvalue weighted by atomic mass is 19.4. The van der Waals surface area contributed by atoms with Gasteiger partial charge in [-0.1, -0.05) is 0 Å². The molecule has 31 heavy (non-hydrogen) atoms. The molecule has 0 bridgehead atoms. The zero-order valence-electron chi connectivity index (χ0n) is 15.6. The molecule has 0 spiro atoms. The zero-order valence-corrected chi connectivity index (χ0v) is 15.6. The number of hydrogen-bond acceptors (Lipinski definition) is 4. The number of hydrogen-bond donors (Lipinski definition) is 1. The predicted octanol–water partition coefficient (Wildman–Crippen LogP) is 3.63. The molecule has 2 fully saturated rings. The van der Waals surface area contributed by atoms with Crippen LogP contribution in [0.15, 0.2) is 36.4 Å². The number of fused-ring (bicyclic) bond motifs is 1. The number of carboxylic acid groups (broad SMARTS) is 1. The lowest BCUT2D eigenvalue weighted by Crippen LogP contribution is -2.37. The molecule has 160 valence electrons. The van der Waals surface area contributed by atoms with Gasteiger partial charge in [0.05, 0.1) is 48.1 Å². The van der Waals surface area contributed by atoms with Crippen LogP contribution in [0, 0.1) is 17.1 Å². The highest BCUT2D eigenvalue weighted by Crippen LogP contribution is 2.40. The quantitative estimate of drug-likeness (QED) is 0.744. The van der Waals surface area contributed by atoms with Crippen LogP contribution < -0.4 is 9.80 Å². The molecule has 7 nitrogen and oxygen atoms in total. The van der Waals surface area contributed by atoms with Gasteiger partial charge in [-0.3, -0.25) is 9.80 Å². The number of ether oxygens (including phenoxy) is 1. The summed E-state index contributed by atoms with van der Waals surface area (Å²) in [4.78, 5) is 26.5. The zero-order chi connectivity index (χ0) is 22.5. The largest absolute Gasteiger partial charge is 0.478 e. The van der Waals surface area contributed by atoms with E-state index < -0.39 is 52.8 Å². The van der Waals surface area contributed by atoms with Gasteiger partial charge in [-0.2, -0.15) is 18.4 Å². The minimum absolute atomic E-state index is 0.0456. The lowest BCUT2D eigenvalue weighted by molar-refractivity contribution is -0.137. The Hall–Kier alpha value is -3.65. The summed E-state index contributed by atoms with van der Waals surface area (Å²) in [6.45, 7) is 0.113. The van der Waals surface area contributed by atoms with Crippen molar-refractivity contribution in [2.45, 2.75) is 18.3 Å². The summed E-state index contributed by atoms with van der Waals surface area (Å²) in [7, 11) is 0. The maximum atomic E-state index is 14.2. The number of carbonyl (C=O) groups excluding carboxylic acids is 1. The molecule has 2 atom stereocenters. The maximum absolute atomic E-state index is 14.2. The fourth-order valence-corrected chi connectivity index (χ4v) is 3.87. The van der Waals surface area contributed by atoms with E-state index in [0.717, 1.165) is 29.2 Å². The topological polar surface area (TPSA) is 93.9 Å². The summed E-state index contributed by atoms with van der Waals surface area (Å²) >= 11 is 0. The van der Waals surface area contributed by atoms with Crippen LogP contribution in [0.5, 0.6) is 0 Å². The number of halogens is 4. The Morgan fingerprint density at radius 2 is 1.68 bits per heavy atom. The third-order valence-electron chi connectivity index (χ3n) is 5.27. The van der Waals surface area contributed by atoms with E-state index in [1.165, 1.54) is 23.1 Å². The number of amides is 2. The van der Waals surface area contributed by atoms with Crippen LogP contribution in [0.25, 0.3) is 0 Å². The highest BCUT2D eigenvalue weighted by molar-refractivity contribution is 6.08. The second-order valence-electron chi connectivity index (χ2n) is 7.00. The van der Waals surface area contributed by atoms with Gasteiger partial charge < -0.3 is 9.84 Å². The molecular formula is C20H13F4N3O4. The molecule has 2 heterocycles. The van der Waals surface area contributed by atoms with Crippen LogP contribution in [-0.2, 0) is 10.9 Å². The van der Waals surface area contributed by atoms with Crippen LogP contribution in [0.3, 0.4) is 0 Å². The smallest absolute Gasteiger partial charge is 0.417 e. The van der Waals surface area contributed by atoms with Crippen molar-refractivity contribution in [3.63, 3.8) is 0 Å². The van der Waals surface area contributed by atoms with E-state index in [-0.39, 0.29) is 24.6 Å². The first-order valence-electron chi connectivity index (χ1n) is 8.98. The number of urea groups is 1. The molecule has 2 amide bonds. The molecule has 2 saturated heterocycles. The average Bonchev–Trinajstić information content (AvgIpc) is 3.26. The maximum Gasteiger partial charge on any atom is 0.417 e. The molecule has 2 unspecified atom stereocenters. The average molecular weight is 435 g/mol. The van der Waals surface area contributed by atoms with Crippen molar-refractivity contribution < 1.29 is 37.0 Å². The Kier molecular flexibility index (Phi) is 4.82. The predicted molar refractivity (Wildman–Crippen MR) is 98.3 cm³/mol. The van der Waals surface area contributed by atoms with Gasteiger partial charge in [0.2, 0.25) is 0 Å². The molecular weight excluding hydrogens is 422 g/mol. The van der Waals surface area contributed by atoms with Crippen molar-refractivity contribution >= 4 is 23.4 Å². The fraction of sp³-hybridized carbons (Fsp3) is 0.250. The number of aromatic carboxylic acids is 1. The summed E-state index contributed by atoms with van der Waals surface area (Å²) in [5.74, 6) is -2.53. The molecule has 0 aromatic heterocycles. The van der Waals surface area contributed by atoms with Crippen LogP contribution in [0.2, 0.25) is 0 Å². The van der Waals surface area contributed by atoms with Crippen LogP contribution >= 0.6 is 0 Å². The third-order valence-corrected chi connectivity index (χ3v) is 5.27. The minimum Gasteiger partial charge on any atom is -0.478 e. The van der Waals surface area contributed by atoms with Crippen molar-refractivity contribution in [3.05, 3.63) is 58.9 Å².